The molecule has 54 heavy (non-hydrogen) atoms. The van der Waals surface area contributed by atoms with Crippen LogP contribution in [-0.4, -0.2) is 74.7 Å². The van der Waals surface area contributed by atoms with E-state index in [1.165, 1.54) is 24.0 Å². The van der Waals surface area contributed by atoms with Gasteiger partial charge in [-0.25, -0.2) is 15.1 Å². The lowest BCUT2D eigenvalue weighted by Gasteiger charge is -2.34. The molecule has 1 saturated carbocycles. The summed E-state index contributed by atoms with van der Waals surface area (Å²) in [6.07, 6.45) is 12.4. The molecule has 3 saturated heterocycles. The van der Waals surface area contributed by atoms with Crippen LogP contribution in [0, 0.1) is 5.92 Å². The maximum absolute atomic E-state index is 12.7. The summed E-state index contributed by atoms with van der Waals surface area (Å²) in [5.74, 6) is 1.92. The number of carbonyl (C=O) groups excluding carboxylic acids is 2. The van der Waals surface area contributed by atoms with E-state index in [0.717, 1.165) is 110 Å². The van der Waals surface area contributed by atoms with Crippen molar-refractivity contribution in [3.63, 3.8) is 0 Å². The maximum Gasteiger partial charge on any atom is 0.235 e. The fourth-order valence-corrected chi connectivity index (χ4v) is 9.51. The third-order valence-corrected chi connectivity index (χ3v) is 12.4. The molecule has 3 unspecified atom stereocenters. The van der Waals surface area contributed by atoms with E-state index >= 15 is 0 Å². The molecule has 0 radical (unpaired) electrons. The van der Waals surface area contributed by atoms with Crippen LogP contribution in [0.5, 0.6) is 0 Å². The van der Waals surface area contributed by atoms with Gasteiger partial charge in [0.05, 0.1) is 28.7 Å². The molecule has 6 heterocycles. The molecule has 0 spiro atoms. The van der Waals surface area contributed by atoms with Crippen molar-refractivity contribution in [2.45, 2.75) is 88.2 Å². The Bertz CT molecular complexity index is 2150. The molecule has 2 amide bonds. The second-order valence-electron chi connectivity index (χ2n) is 15.8. The first-order chi connectivity index (χ1) is 26.4. The number of nitrogens with one attached hydrogen (secondary N) is 3. The van der Waals surface area contributed by atoms with Crippen LogP contribution >= 0.6 is 0 Å². The molecule has 13 heteroatoms. The molecule has 4 fully saturated rings. The SMILES string of the molecule is NC(O)c1ncc(N2CCCCC2)nc1Nc1ccc(C2CCN(C[C@H]3CCC(c4cc5o[nH]c(C6CCC(=O)NC6=O)c5c5ccnc45)C3)CC2)cc1. The molecule has 6 N–H and O–H groups in total. The number of nitrogens with zero attached hydrogens (tertiary/aromatic N) is 5. The highest BCUT2D eigenvalue weighted by Gasteiger charge is 2.34. The Kier molecular flexibility index (Phi) is 9.54. The molecule has 2 aromatic carbocycles. The number of anilines is 3. The third-order valence-electron chi connectivity index (χ3n) is 12.4. The van der Waals surface area contributed by atoms with Crippen LogP contribution in [0.4, 0.5) is 17.3 Å². The number of likely N-dealkylation sites (tertiary alicyclic amines) is 1. The number of rotatable bonds is 9. The van der Waals surface area contributed by atoms with Crippen LogP contribution in [0.3, 0.4) is 0 Å². The largest absolute Gasteiger partial charge is 0.382 e. The number of benzene rings is 2. The Morgan fingerprint density at radius 2 is 1.78 bits per heavy atom. The highest BCUT2D eigenvalue weighted by Crippen LogP contribution is 2.45. The van der Waals surface area contributed by atoms with Crippen molar-refractivity contribution < 1.29 is 19.2 Å². The fraction of sp³-hybridized carbons (Fsp3) is 0.488. The molecular formula is C41H49N9O4. The maximum atomic E-state index is 12.7. The van der Waals surface area contributed by atoms with Crippen molar-refractivity contribution in [2.75, 3.05) is 42.9 Å². The fourth-order valence-electron chi connectivity index (χ4n) is 9.51. The van der Waals surface area contributed by atoms with Crippen LogP contribution < -0.4 is 21.3 Å². The number of aromatic amines is 1. The Morgan fingerprint density at radius 3 is 2.56 bits per heavy atom. The molecule has 13 nitrogen and oxygen atoms in total. The van der Waals surface area contributed by atoms with Crippen molar-refractivity contribution in [1.29, 1.82) is 0 Å². The molecule has 1 aliphatic carbocycles. The molecule has 0 bridgehead atoms. The first-order valence-electron chi connectivity index (χ1n) is 19.7. The summed E-state index contributed by atoms with van der Waals surface area (Å²) in [5, 5.41) is 21.0. The van der Waals surface area contributed by atoms with Gasteiger partial charge in [0.15, 0.2) is 11.4 Å². The molecule has 3 aliphatic heterocycles. The third kappa shape index (κ3) is 6.84. The van der Waals surface area contributed by atoms with Gasteiger partial charge in [-0.2, -0.15) is 0 Å². The number of carbonyl (C=O) groups is 2. The van der Waals surface area contributed by atoms with Crippen LogP contribution in [0.1, 0.15) is 111 Å². The van der Waals surface area contributed by atoms with E-state index in [-0.39, 0.29) is 11.8 Å². The van der Waals surface area contributed by atoms with E-state index in [2.05, 4.69) is 60.9 Å². The summed E-state index contributed by atoms with van der Waals surface area (Å²) in [5.41, 5.74) is 12.1. The van der Waals surface area contributed by atoms with Crippen molar-refractivity contribution in [3.8, 4) is 0 Å². The lowest BCUT2D eigenvalue weighted by atomic mass is 9.88. The molecular weight excluding hydrogens is 683 g/mol. The Labute approximate surface area is 314 Å². The zero-order chi connectivity index (χ0) is 36.8. The number of fused-ring (bicyclic) bond motifs is 3. The zero-order valence-corrected chi connectivity index (χ0v) is 30.6. The highest BCUT2D eigenvalue weighted by atomic mass is 16.5. The Balaban J connectivity index is 0.809. The van der Waals surface area contributed by atoms with Gasteiger partial charge < -0.3 is 30.5 Å². The minimum Gasteiger partial charge on any atom is -0.382 e. The van der Waals surface area contributed by atoms with Gasteiger partial charge in [-0.3, -0.25) is 19.9 Å². The molecule has 4 atom stereocenters. The van der Waals surface area contributed by atoms with E-state index in [4.69, 9.17) is 20.2 Å². The van der Waals surface area contributed by atoms with Gasteiger partial charge >= 0.3 is 0 Å². The van der Waals surface area contributed by atoms with E-state index in [1.54, 1.807) is 6.20 Å². The lowest BCUT2D eigenvalue weighted by Crippen LogP contribution is -2.39. The summed E-state index contributed by atoms with van der Waals surface area (Å²) in [4.78, 5) is 43.5. The number of amides is 2. The number of aliphatic hydroxyl groups excluding tert-OH is 1. The van der Waals surface area contributed by atoms with Crippen LogP contribution in [0.25, 0.3) is 21.9 Å². The number of imide groups is 1. The van der Waals surface area contributed by atoms with Crippen molar-refractivity contribution in [3.05, 3.63) is 71.3 Å². The first kappa shape index (κ1) is 34.9. The molecule has 5 aromatic rings. The molecule has 282 valence electrons. The number of H-pyrrole nitrogens is 1. The summed E-state index contributed by atoms with van der Waals surface area (Å²) in [6, 6.07) is 12.8. The minimum atomic E-state index is -1.21. The monoisotopic (exact) mass is 731 g/mol. The van der Waals surface area contributed by atoms with Crippen LogP contribution in [-0.2, 0) is 9.59 Å². The highest BCUT2D eigenvalue weighted by molar-refractivity contribution is 6.10. The van der Waals surface area contributed by atoms with Gasteiger partial charge in [-0.05, 0) is 124 Å². The van der Waals surface area contributed by atoms with Crippen molar-refractivity contribution in [2.24, 2.45) is 11.7 Å². The normalized spacial score (nSPS) is 23.7. The van der Waals surface area contributed by atoms with E-state index in [1.807, 2.05) is 12.3 Å². The smallest absolute Gasteiger partial charge is 0.235 e. The van der Waals surface area contributed by atoms with E-state index in [9.17, 15) is 14.7 Å². The number of aliphatic hydroxyl groups is 1. The summed E-state index contributed by atoms with van der Waals surface area (Å²) >= 11 is 0. The predicted octanol–water partition coefficient (Wildman–Crippen LogP) is 6.07. The van der Waals surface area contributed by atoms with Crippen molar-refractivity contribution in [1.82, 2.24) is 30.3 Å². The van der Waals surface area contributed by atoms with Crippen molar-refractivity contribution >= 4 is 51.0 Å². The second kappa shape index (κ2) is 14.8. The Morgan fingerprint density at radius 1 is 0.963 bits per heavy atom. The summed E-state index contributed by atoms with van der Waals surface area (Å²) in [7, 11) is 0. The van der Waals surface area contributed by atoms with Gasteiger partial charge in [0.2, 0.25) is 11.8 Å². The summed E-state index contributed by atoms with van der Waals surface area (Å²) in [6.45, 7) is 5.22. The van der Waals surface area contributed by atoms with E-state index in [0.29, 0.717) is 42.1 Å². The van der Waals surface area contributed by atoms with Gasteiger partial charge in [0.1, 0.15) is 17.7 Å². The molecule has 3 aromatic heterocycles. The molecule has 4 aliphatic rings. The Hall–Kier alpha value is -4.85. The number of hydrogen-bond donors (Lipinski definition) is 5. The quantitative estimate of drug-likeness (QED) is 0.0879. The van der Waals surface area contributed by atoms with Gasteiger partial charge in [-0.1, -0.05) is 12.1 Å². The lowest BCUT2D eigenvalue weighted by molar-refractivity contribution is -0.134. The number of piperidine rings is 3. The van der Waals surface area contributed by atoms with Crippen LogP contribution in [0.2, 0.25) is 0 Å². The topological polar surface area (TPSA) is 179 Å². The van der Waals surface area contributed by atoms with Gasteiger partial charge in [-0.15, -0.1) is 0 Å². The molecule has 9 rings (SSSR count). The average Bonchev–Trinajstić information content (AvgIpc) is 3.96. The van der Waals surface area contributed by atoms with E-state index < -0.39 is 12.1 Å². The number of nitrogens with two attached hydrogens (primary N) is 1. The predicted molar refractivity (Wildman–Crippen MR) is 206 cm³/mol. The second-order valence-corrected chi connectivity index (χ2v) is 15.8. The van der Waals surface area contributed by atoms with Gasteiger partial charge in [0.25, 0.3) is 0 Å². The van der Waals surface area contributed by atoms with Gasteiger partial charge in [0, 0.05) is 43.3 Å². The average molecular weight is 732 g/mol. The summed E-state index contributed by atoms with van der Waals surface area (Å²) < 4.78 is 5.97. The minimum absolute atomic E-state index is 0.225. The first-order valence-corrected chi connectivity index (χ1v) is 19.7. The zero-order valence-electron chi connectivity index (χ0n) is 30.6. The number of hydrogen-bond acceptors (Lipinski definition) is 11. The number of aromatic nitrogens is 4. The van der Waals surface area contributed by atoms with Crippen LogP contribution in [0.15, 0.2) is 53.3 Å². The standard InChI is InChI=1S/C41H49N9O4/c42-39(52)38-40(46-33(22-44-38)50-16-2-1-3-17-50)45-28-8-6-25(7-9-28)26-13-18-49(19-14-26)23-24-4-5-27(20-24)31-21-32-35(29-12-15-43-36(29)31)37(48-54-32)30-10-11-34(51)47-41(30)53/h6-9,12,15,21-22,24,26-27,30,39,48,52H,1-5,10-11,13-14,16-20,23,42H2,(H,45,46)(H,47,51,53)/t24-,27?,30?,39?/m0/s1.